The van der Waals surface area contributed by atoms with Gasteiger partial charge in [0, 0.05) is 5.25 Å². The van der Waals surface area contributed by atoms with E-state index < -0.39 is 8.24 Å². The monoisotopic (exact) mass is 482 g/mol. The molecule has 0 saturated heterocycles. The molecule has 0 bridgehead atoms. The van der Waals surface area contributed by atoms with E-state index in [2.05, 4.69) is 127 Å². The van der Waals surface area contributed by atoms with E-state index >= 15 is 0 Å². The molecule has 1 saturated carbocycles. The molecule has 2 aliphatic heterocycles. The third kappa shape index (κ3) is 3.30. The van der Waals surface area contributed by atoms with Crippen molar-refractivity contribution >= 4 is 48.3 Å². The summed E-state index contributed by atoms with van der Waals surface area (Å²) in [5, 5.41) is 4.38. The Morgan fingerprint density at radius 3 is 2.09 bits per heavy atom. The van der Waals surface area contributed by atoms with E-state index in [0.717, 1.165) is 11.5 Å². The highest BCUT2D eigenvalue weighted by Gasteiger charge is 2.57. The third-order valence-corrected chi connectivity index (χ3v) is 14.2. The second-order valence-corrected chi connectivity index (χ2v) is 16.4. The van der Waals surface area contributed by atoms with Crippen molar-refractivity contribution in [2.75, 3.05) is 9.88 Å². The summed E-state index contributed by atoms with van der Waals surface area (Å²) in [5.41, 5.74) is 8.97. The van der Waals surface area contributed by atoms with Crippen LogP contribution in [0.25, 0.3) is 5.57 Å². The first-order chi connectivity index (χ1) is 16.5. The van der Waals surface area contributed by atoms with Gasteiger partial charge in [-0.25, -0.2) is 0 Å². The molecule has 0 spiro atoms. The van der Waals surface area contributed by atoms with Crippen LogP contribution in [0.4, 0.5) is 22.7 Å². The van der Waals surface area contributed by atoms with Crippen LogP contribution >= 0.6 is 11.8 Å². The van der Waals surface area contributed by atoms with Gasteiger partial charge in [0.05, 0.1) is 22.7 Å². The molecule has 6 rings (SSSR count). The summed E-state index contributed by atoms with van der Waals surface area (Å²) in [7, 11) is -1.96. The van der Waals surface area contributed by atoms with E-state index in [1.165, 1.54) is 41.2 Å². The summed E-state index contributed by atoms with van der Waals surface area (Å²) in [4.78, 5) is 1.55. The molecule has 174 valence electrons. The molecule has 4 atom stereocenters. The van der Waals surface area contributed by atoms with Crippen molar-refractivity contribution in [3.8, 4) is 0 Å². The number of allylic oxidation sites excluding steroid dienone is 2. The average molecular weight is 483 g/mol. The second kappa shape index (κ2) is 8.35. The summed E-state index contributed by atoms with van der Waals surface area (Å²) in [5.74, 6) is 1.44. The lowest BCUT2D eigenvalue weighted by Crippen LogP contribution is -2.54. The van der Waals surface area contributed by atoms with Crippen molar-refractivity contribution < 1.29 is 0 Å². The normalized spacial score (nSPS) is 25.6. The maximum absolute atomic E-state index is 3.71. The number of rotatable bonds is 4. The van der Waals surface area contributed by atoms with Crippen LogP contribution in [0.15, 0.2) is 83.8 Å². The standard InChI is InChI=1S/C30H34N2SSi/c1-5-21-19-23-28(22-13-7-6-8-14-22)20(2)33-29(23)30(21)34(3,4)32-26-17-11-9-15-24(26)31-25-16-10-12-18-27(25)32/h6-18,21,23,29-31H,5,19H2,1-4H3/t21-,23-,29+,30?/m1/s1. The highest BCUT2D eigenvalue weighted by Crippen LogP contribution is 2.64. The summed E-state index contributed by atoms with van der Waals surface area (Å²) < 4.78 is 2.79. The van der Waals surface area contributed by atoms with Crippen LogP contribution < -0.4 is 9.88 Å². The number of anilines is 4. The lowest BCUT2D eigenvalue weighted by atomic mass is 9.90. The summed E-state index contributed by atoms with van der Waals surface area (Å²) in [6, 6.07) is 29.0. The lowest BCUT2D eigenvalue weighted by molar-refractivity contribution is 0.508. The maximum atomic E-state index is 3.71. The Labute approximate surface area is 209 Å². The topological polar surface area (TPSA) is 15.3 Å². The van der Waals surface area contributed by atoms with Gasteiger partial charge in [-0.15, -0.1) is 11.8 Å². The highest BCUT2D eigenvalue weighted by atomic mass is 32.2. The molecular weight excluding hydrogens is 448 g/mol. The Kier molecular flexibility index (Phi) is 5.42. The van der Waals surface area contributed by atoms with Crippen LogP contribution in [-0.2, 0) is 0 Å². The Morgan fingerprint density at radius 1 is 0.882 bits per heavy atom. The Morgan fingerprint density at radius 2 is 1.47 bits per heavy atom. The molecule has 0 radical (unpaired) electrons. The molecule has 3 aromatic carbocycles. The van der Waals surface area contributed by atoms with Gasteiger partial charge in [0.2, 0.25) is 0 Å². The molecule has 2 nitrogen and oxygen atoms in total. The predicted molar refractivity (Wildman–Crippen MR) is 152 cm³/mol. The minimum Gasteiger partial charge on any atom is -0.366 e. The van der Waals surface area contributed by atoms with Gasteiger partial charge in [0.25, 0.3) is 0 Å². The van der Waals surface area contributed by atoms with Crippen molar-refractivity contribution in [3.63, 3.8) is 0 Å². The van der Waals surface area contributed by atoms with Gasteiger partial charge < -0.3 is 9.88 Å². The van der Waals surface area contributed by atoms with E-state index in [4.69, 9.17) is 0 Å². The van der Waals surface area contributed by atoms with Crippen molar-refractivity contribution in [1.29, 1.82) is 0 Å². The molecule has 3 aromatic rings. The minimum atomic E-state index is -1.96. The van der Waals surface area contributed by atoms with Gasteiger partial charge in [0.1, 0.15) is 0 Å². The van der Waals surface area contributed by atoms with E-state index in [-0.39, 0.29) is 0 Å². The summed E-state index contributed by atoms with van der Waals surface area (Å²) in [6.07, 6.45) is 2.59. The van der Waals surface area contributed by atoms with Crippen LogP contribution in [-0.4, -0.2) is 13.5 Å². The fourth-order valence-corrected chi connectivity index (χ4v) is 14.4. The molecule has 3 aliphatic rings. The molecule has 1 fully saturated rings. The smallest absolute Gasteiger partial charge is 0.161 e. The molecular formula is C30H34N2SSi. The van der Waals surface area contributed by atoms with Crippen molar-refractivity contribution in [2.24, 2.45) is 11.8 Å². The molecule has 1 aliphatic carbocycles. The minimum absolute atomic E-state index is 0.669. The van der Waals surface area contributed by atoms with Crippen LogP contribution in [0.5, 0.6) is 0 Å². The largest absolute Gasteiger partial charge is 0.366 e. The molecule has 0 aromatic heterocycles. The first-order valence-electron chi connectivity index (χ1n) is 12.7. The van der Waals surface area contributed by atoms with Crippen molar-refractivity contribution in [3.05, 3.63) is 89.3 Å². The molecule has 0 amide bonds. The predicted octanol–water partition coefficient (Wildman–Crippen LogP) is 9.05. The van der Waals surface area contributed by atoms with Gasteiger partial charge in [-0.1, -0.05) is 81.0 Å². The zero-order valence-corrected chi connectivity index (χ0v) is 22.4. The number of hydrogen-bond donors (Lipinski definition) is 1. The SMILES string of the molecule is CC[C@@H]1C[C@@H]2C(c3ccccc3)=C(C)S[C@@H]2C1[Si](C)(C)N1c2ccccc2Nc2ccccc21. The van der Waals surface area contributed by atoms with Gasteiger partial charge in [-0.05, 0) is 71.0 Å². The second-order valence-electron chi connectivity index (χ2n) is 10.6. The average Bonchev–Trinajstić information content (AvgIpc) is 3.36. The van der Waals surface area contributed by atoms with E-state index in [1.807, 2.05) is 0 Å². The zero-order valence-electron chi connectivity index (χ0n) is 20.6. The van der Waals surface area contributed by atoms with E-state index in [0.29, 0.717) is 11.2 Å². The quantitative estimate of drug-likeness (QED) is 0.373. The molecule has 4 heteroatoms. The summed E-state index contributed by atoms with van der Waals surface area (Å²) >= 11 is 2.19. The zero-order chi connectivity index (χ0) is 23.4. The lowest BCUT2D eigenvalue weighted by Gasteiger charge is -2.49. The van der Waals surface area contributed by atoms with E-state index in [9.17, 15) is 0 Å². The number of fused-ring (bicyclic) bond motifs is 3. The van der Waals surface area contributed by atoms with Crippen LogP contribution in [0.3, 0.4) is 0 Å². The number of nitrogens with zero attached hydrogens (tertiary/aromatic N) is 1. The van der Waals surface area contributed by atoms with Gasteiger partial charge in [0.15, 0.2) is 8.24 Å². The summed E-state index contributed by atoms with van der Waals surface area (Å²) in [6.45, 7) is 10.1. The third-order valence-electron chi connectivity index (χ3n) is 8.44. The molecule has 34 heavy (non-hydrogen) atoms. The fourth-order valence-electron chi connectivity index (χ4n) is 7.12. The van der Waals surface area contributed by atoms with E-state index in [1.54, 1.807) is 10.5 Å². The van der Waals surface area contributed by atoms with Crippen LogP contribution in [0, 0.1) is 11.8 Å². The highest BCUT2D eigenvalue weighted by molar-refractivity contribution is 8.04. The molecule has 1 N–H and O–H groups in total. The number of nitrogens with one attached hydrogen (secondary N) is 1. The van der Waals surface area contributed by atoms with Gasteiger partial charge >= 0.3 is 0 Å². The Hall–Kier alpha value is -2.43. The van der Waals surface area contributed by atoms with Crippen molar-refractivity contribution in [2.45, 2.75) is 50.6 Å². The van der Waals surface area contributed by atoms with Gasteiger partial charge in [-0.2, -0.15) is 0 Å². The van der Waals surface area contributed by atoms with Crippen LogP contribution in [0.1, 0.15) is 32.3 Å². The maximum Gasteiger partial charge on any atom is 0.161 e. The number of para-hydroxylation sites is 4. The van der Waals surface area contributed by atoms with Crippen molar-refractivity contribution in [1.82, 2.24) is 0 Å². The Balaban J connectivity index is 1.44. The first kappa shape index (κ1) is 22.1. The van der Waals surface area contributed by atoms with Gasteiger partial charge in [-0.3, -0.25) is 0 Å². The first-order valence-corrected chi connectivity index (χ1v) is 16.6. The molecule has 1 unspecified atom stereocenters. The number of hydrogen-bond acceptors (Lipinski definition) is 3. The molecule has 2 heterocycles. The number of benzene rings is 3. The fraction of sp³-hybridized carbons (Fsp3) is 0.333. The van der Waals surface area contributed by atoms with Crippen LogP contribution in [0.2, 0.25) is 18.6 Å². The Bertz CT molecular complexity index is 1210. The number of thioether (sulfide) groups is 1.